The summed E-state index contributed by atoms with van der Waals surface area (Å²) in [6.07, 6.45) is 5.45. The molecule has 2 aliphatic heterocycles. The molecular weight excluding hydrogens is 382 g/mol. The summed E-state index contributed by atoms with van der Waals surface area (Å²) >= 11 is 1.48. The van der Waals surface area contributed by atoms with Crippen molar-refractivity contribution in [1.29, 1.82) is 0 Å². The van der Waals surface area contributed by atoms with Gasteiger partial charge in [0.05, 0.1) is 12.0 Å². The lowest BCUT2D eigenvalue weighted by atomic mass is 9.81. The van der Waals surface area contributed by atoms with Gasteiger partial charge >= 0.3 is 5.97 Å². The first-order valence-corrected chi connectivity index (χ1v) is 11.4. The van der Waals surface area contributed by atoms with Crippen molar-refractivity contribution in [3.05, 3.63) is 27.0 Å². The Hall–Kier alpha value is -1.65. The Morgan fingerprint density at radius 1 is 1.31 bits per heavy atom. The van der Waals surface area contributed by atoms with Crippen LogP contribution in [0, 0.1) is 23.2 Å². The third-order valence-corrected chi connectivity index (χ3v) is 7.54. The average molecular weight is 414 g/mol. The molecule has 1 aromatic heterocycles. The standard InChI is InChI=1S/C23H31N3O2S/c1-23(9-10-23)8-4-17-14-19(21(29-17)22(27)28-3)18-7-11-25(2)15-20(18)16-5-12-26(24)13-6-16/h14,16H,5-7,9-13,15,24H2,1-3H3. The van der Waals surface area contributed by atoms with Gasteiger partial charge in [0, 0.05) is 37.2 Å². The highest BCUT2D eigenvalue weighted by Gasteiger charge is 2.35. The molecule has 1 aromatic rings. The monoisotopic (exact) mass is 413 g/mol. The van der Waals surface area contributed by atoms with Gasteiger partial charge in [-0.2, -0.15) is 0 Å². The van der Waals surface area contributed by atoms with Crippen LogP contribution >= 0.6 is 11.3 Å². The number of carbonyl (C=O) groups is 1. The van der Waals surface area contributed by atoms with Crippen molar-refractivity contribution in [3.8, 4) is 11.8 Å². The molecule has 0 radical (unpaired) electrons. The Morgan fingerprint density at radius 2 is 2.03 bits per heavy atom. The number of ether oxygens (including phenoxy) is 1. The lowest BCUT2D eigenvalue weighted by Gasteiger charge is -2.36. The highest BCUT2D eigenvalue weighted by Crippen LogP contribution is 2.44. The Morgan fingerprint density at radius 3 is 2.69 bits per heavy atom. The number of likely N-dealkylation sites (N-methyl/N-ethyl adjacent to an activating group) is 1. The molecule has 156 valence electrons. The van der Waals surface area contributed by atoms with E-state index in [1.54, 1.807) is 0 Å². The van der Waals surface area contributed by atoms with E-state index in [-0.39, 0.29) is 11.4 Å². The van der Waals surface area contributed by atoms with Crippen LogP contribution < -0.4 is 5.84 Å². The number of hydrogen-bond donors (Lipinski definition) is 1. The summed E-state index contributed by atoms with van der Waals surface area (Å²) in [4.78, 5) is 16.6. The topological polar surface area (TPSA) is 58.8 Å². The number of nitrogens with two attached hydrogens (primary N) is 1. The van der Waals surface area contributed by atoms with Crippen LogP contribution in [0.25, 0.3) is 5.57 Å². The number of hydrazine groups is 1. The molecule has 3 aliphatic rings. The summed E-state index contributed by atoms with van der Waals surface area (Å²) < 4.78 is 5.12. The minimum absolute atomic E-state index is 0.170. The first kappa shape index (κ1) is 20.6. The third-order valence-electron chi connectivity index (χ3n) is 6.51. The van der Waals surface area contributed by atoms with Crippen LogP contribution in [0.5, 0.6) is 0 Å². The molecule has 0 unspecified atom stereocenters. The molecule has 0 bridgehead atoms. The zero-order chi connectivity index (χ0) is 20.6. The van der Waals surface area contributed by atoms with Crippen LogP contribution in [0.1, 0.15) is 59.1 Å². The van der Waals surface area contributed by atoms with Crippen LogP contribution in [-0.2, 0) is 4.74 Å². The third kappa shape index (κ3) is 4.59. The Balaban J connectivity index is 1.74. The van der Waals surface area contributed by atoms with Crippen molar-refractivity contribution in [2.75, 3.05) is 40.3 Å². The van der Waals surface area contributed by atoms with Crippen LogP contribution in [0.4, 0.5) is 0 Å². The van der Waals surface area contributed by atoms with Crippen LogP contribution in [-0.4, -0.2) is 56.2 Å². The van der Waals surface area contributed by atoms with E-state index < -0.39 is 0 Å². The van der Waals surface area contributed by atoms with Crippen LogP contribution in [0.2, 0.25) is 0 Å². The second kappa shape index (κ2) is 8.23. The number of rotatable bonds is 3. The fraction of sp³-hybridized carbons (Fsp3) is 0.609. The van der Waals surface area contributed by atoms with Gasteiger partial charge in [0.2, 0.25) is 0 Å². The number of methoxy groups -OCH3 is 1. The minimum Gasteiger partial charge on any atom is -0.465 e. The fourth-order valence-electron chi connectivity index (χ4n) is 4.31. The van der Waals surface area contributed by atoms with E-state index in [0.29, 0.717) is 10.8 Å². The van der Waals surface area contributed by atoms with E-state index in [4.69, 9.17) is 10.6 Å². The van der Waals surface area contributed by atoms with Gasteiger partial charge in [-0.3, -0.25) is 5.84 Å². The van der Waals surface area contributed by atoms with Crippen molar-refractivity contribution >= 4 is 22.9 Å². The molecule has 4 rings (SSSR count). The van der Waals surface area contributed by atoms with Gasteiger partial charge in [0.15, 0.2) is 0 Å². The van der Waals surface area contributed by atoms with E-state index >= 15 is 0 Å². The van der Waals surface area contributed by atoms with E-state index in [9.17, 15) is 4.79 Å². The highest BCUT2D eigenvalue weighted by atomic mass is 32.1. The van der Waals surface area contributed by atoms with Crippen molar-refractivity contribution in [2.24, 2.45) is 17.2 Å². The molecule has 2 N–H and O–H groups in total. The van der Waals surface area contributed by atoms with Crippen molar-refractivity contribution in [1.82, 2.24) is 9.91 Å². The summed E-state index contributed by atoms with van der Waals surface area (Å²) in [6, 6.07) is 2.13. The first-order valence-electron chi connectivity index (χ1n) is 10.5. The fourth-order valence-corrected chi connectivity index (χ4v) is 5.26. The van der Waals surface area contributed by atoms with E-state index in [0.717, 1.165) is 55.9 Å². The molecule has 29 heavy (non-hydrogen) atoms. The molecule has 0 atom stereocenters. The molecule has 1 aliphatic carbocycles. The molecule has 2 fully saturated rings. The molecule has 5 nitrogen and oxygen atoms in total. The molecular formula is C23H31N3O2S. The molecule has 0 amide bonds. The van der Waals surface area contributed by atoms with Crippen molar-refractivity contribution < 1.29 is 9.53 Å². The normalized spacial score (nSPS) is 22.9. The average Bonchev–Trinajstić information content (AvgIpc) is 3.30. The molecule has 0 aromatic carbocycles. The number of esters is 1. The summed E-state index contributed by atoms with van der Waals surface area (Å²) in [5, 5.41) is 1.92. The molecule has 1 saturated carbocycles. The number of nitrogens with zero attached hydrogens (tertiary/aromatic N) is 2. The summed E-state index contributed by atoms with van der Waals surface area (Å²) in [5.41, 5.74) is 4.03. The van der Waals surface area contributed by atoms with Crippen molar-refractivity contribution in [3.63, 3.8) is 0 Å². The molecule has 1 saturated heterocycles. The zero-order valence-corrected chi connectivity index (χ0v) is 18.5. The quantitative estimate of drug-likeness (QED) is 0.468. The van der Waals surface area contributed by atoms with Gasteiger partial charge in [0.25, 0.3) is 0 Å². The van der Waals surface area contributed by atoms with E-state index in [1.165, 1.54) is 42.4 Å². The van der Waals surface area contributed by atoms with Crippen molar-refractivity contribution in [2.45, 2.75) is 39.0 Å². The van der Waals surface area contributed by atoms with Crippen LogP contribution in [0.3, 0.4) is 0 Å². The maximum absolute atomic E-state index is 12.6. The molecule has 6 heteroatoms. The smallest absolute Gasteiger partial charge is 0.348 e. The SMILES string of the molecule is COC(=O)c1sc(C#CC2(C)CC2)cc1C1=C(C2CCN(N)CC2)CN(C)CC1. The predicted octanol–water partition coefficient (Wildman–Crippen LogP) is 3.36. The van der Waals surface area contributed by atoms with Gasteiger partial charge in [-0.1, -0.05) is 11.8 Å². The number of thiophene rings is 1. The number of hydrogen-bond acceptors (Lipinski definition) is 6. The Kier molecular flexibility index (Phi) is 5.85. The van der Waals surface area contributed by atoms with Gasteiger partial charge in [-0.25, -0.2) is 9.80 Å². The molecule has 0 spiro atoms. The number of piperidine rings is 1. The highest BCUT2D eigenvalue weighted by molar-refractivity contribution is 7.14. The molecule has 3 heterocycles. The van der Waals surface area contributed by atoms with Crippen LogP contribution in [0.15, 0.2) is 11.6 Å². The van der Waals surface area contributed by atoms with Gasteiger partial charge in [0.1, 0.15) is 4.88 Å². The number of carbonyl (C=O) groups excluding carboxylic acids is 1. The maximum Gasteiger partial charge on any atom is 0.348 e. The zero-order valence-electron chi connectivity index (χ0n) is 17.7. The van der Waals surface area contributed by atoms with E-state index in [2.05, 4.69) is 36.8 Å². The largest absolute Gasteiger partial charge is 0.465 e. The summed E-state index contributed by atoms with van der Waals surface area (Å²) in [5.74, 6) is 13.0. The second-order valence-electron chi connectivity index (χ2n) is 8.96. The Bertz CT molecular complexity index is 880. The minimum atomic E-state index is -0.252. The van der Waals surface area contributed by atoms with Gasteiger partial charge < -0.3 is 9.64 Å². The maximum atomic E-state index is 12.6. The second-order valence-corrected chi connectivity index (χ2v) is 10.0. The summed E-state index contributed by atoms with van der Waals surface area (Å²) in [7, 11) is 3.64. The first-order chi connectivity index (χ1) is 13.9. The van der Waals surface area contributed by atoms with Gasteiger partial charge in [-0.05, 0) is 69.2 Å². The van der Waals surface area contributed by atoms with E-state index in [1.807, 2.05) is 5.01 Å². The lowest BCUT2D eigenvalue weighted by molar-refractivity contribution is 0.0606. The summed E-state index contributed by atoms with van der Waals surface area (Å²) in [6.45, 7) is 6.02. The predicted molar refractivity (Wildman–Crippen MR) is 117 cm³/mol. The Labute approximate surface area is 177 Å². The van der Waals surface area contributed by atoms with Gasteiger partial charge in [-0.15, -0.1) is 11.3 Å². The lowest BCUT2D eigenvalue weighted by Crippen LogP contribution is -2.41.